The maximum absolute atomic E-state index is 5.72. The van der Waals surface area contributed by atoms with Crippen LogP contribution in [0.1, 0.15) is 40.0 Å². The van der Waals surface area contributed by atoms with E-state index in [1.165, 1.54) is 0 Å². The average molecular weight is 263 g/mol. The van der Waals surface area contributed by atoms with Gasteiger partial charge in [-0.15, -0.1) is 0 Å². The Morgan fingerprint density at radius 1 is 0.938 bits per heavy atom. The summed E-state index contributed by atoms with van der Waals surface area (Å²) in [5.41, 5.74) is -0.00594. The molecule has 0 unspecified atom stereocenters. The standard InChI is InChI=1S/C10H16Cl2N4/c1-4-10(5-2,6-3)16-9-14-7(11)13-8(12)15-9/h4-6H2,1-3H3,(H,13,14,15,16). The first-order chi connectivity index (χ1) is 7.55. The van der Waals surface area contributed by atoms with E-state index >= 15 is 0 Å². The van der Waals surface area contributed by atoms with E-state index in [1.54, 1.807) is 0 Å². The van der Waals surface area contributed by atoms with Crippen molar-refractivity contribution in [3.8, 4) is 0 Å². The van der Waals surface area contributed by atoms with E-state index in [-0.39, 0.29) is 16.1 Å². The van der Waals surface area contributed by atoms with Crippen LogP contribution in [0.3, 0.4) is 0 Å². The predicted octanol–water partition coefficient (Wildman–Crippen LogP) is 3.56. The zero-order chi connectivity index (χ0) is 12.2. The summed E-state index contributed by atoms with van der Waals surface area (Å²) in [4.78, 5) is 11.7. The molecule has 0 bridgehead atoms. The van der Waals surface area contributed by atoms with Gasteiger partial charge in [-0.05, 0) is 42.5 Å². The van der Waals surface area contributed by atoms with E-state index in [4.69, 9.17) is 23.2 Å². The zero-order valence-corrected chi connectivity index (χ0v) is 11.2. The van der Waals surface area contributed by atoms with Crippen LogP contribution in [0, 0.1) is 0 Å². The Bertz CT molecular complexity index is 324. The number of nitrogens with one attached hydrogen (secondary N) is 1. The molecule has 0 radical (unpaired) electrons. The molecule has 1 N–H and O–H groups in total. The van der Waals surface area contributed by atoms with Crippen LogP contribution in [0.2, 0.25) is 10.6 Å². The summed E-state index contributed by atoms with van der Waals surface area (Å²) in [6.07, 6.45) is 2.96. The van der Waals surface area contributed by atoms with Crippen molar-refractivity contribution >= 4 is 29.2 Å². The fourth-order valence-corrected chi connectivity index (χ4v) is 2.00. The van der Waals surface area contributed by atoms with Gasteiger partial charge in [0, 0.05) is 5.54 Å². The van der Waals surface area contributed by atoms with Crippen molar-refractivity contribution in [3.05, 3.63) is 10.6 Å². The molecule has 90 valence electrons. The lowest BCUT2D eigenvalue weighted by Gasteiger charge is -2.31. The molecule has 0 saturated heterocycles. The molecular formula is C10H16Cl2N4. The molecule has 16 heavy (non-hydrogen) atoms. The third-order valence-corrected chi connectivity index (χ3v) is 3.33. The van der Waals surface area contributed by atoms with Crippen molar-refractivity contribution in [3.63, 3.8) is 0 Å². The lowest BCUT2D eigenvalue weighted by Crippen LogP contribution is -2.36. The van der Waals surface area contributed by atoms with Crippen molar-refractivity contribution in [1.29, 1.82) is 0 Å². The third-order valence-electron chi connectivity index (χ3n) is 2.99. The number of nitrogens with zero attached hydrogens (tertiary/aromatic N) is 3. The van der Waals surface area contributed by atoms with Gasteiger partial charge in [-0.25, -0.2) is 0 Å². The van der Waals surface area contributed by atoms with Gasteiger partial charge in [-0.3, -0.25) is 0 Å². The first-order valence-corrected chi connectivity index (χ1v) is 6.16. The molecule has 6 heteroatoms. The quantitative estimate of drug-likeness (QED) is 0.882. The predicted molar refractivity (Wildman–Crippen MR) is 67.1 cm³/mol. The van der Waals surface area contributed by atoms with Crippen LogP contribution in [0.15, 0.2) is 0 Å². The summed E-state index contributed by atoms with van der Waals surface area (Å²) in [5, 5.41) is 3.51. The zero-order valence-electron chi connectivity index (χ0n) is 9.72. The minimum atomic E-state index is -0.00594. The Balaban J connectivity index is 2.93. The van der Waals surface area contributed by atoms with Crippen molar-refractivity contribution in [2.24, 2.45) is 0 Å². The Hall–Kier alpha value is -0.610. The van der Waals surface area contributed by atoms with Gasteiger partial charge in [0.05, 0.1) is 0 Å². The maximum atomic E-state index is 5.72. The van der Waals surface area contributed by atoms with Gasteiger partial charge in [0.2, 0.25) is 16.5 Å². The number of hydrogen-bond donors (Lipinski definition) is 1. The van der Waals surface area contributed by atoms with Gasteiger partial charge >= 0.3 is 0 Å². The first-order valence-electron chi connectivity index (χ1n) is 5.40. The Morgan fingerprint density at radius 3 is 1.75 bits per heavy atom. The Morgan fingerprint density at radius 2 is 1.38 bits per heavy atom. The molecule has 0 fully saturated rings. The van der Waals surface area contributed by atoms with Crippen molar-refractivity contribution < 1.29 is 0 Å². The molecule has 0 aliphatic rings. The third kappa shape index (κ3) is 3.19. The van der Waals surface area contributed by atoms with Gasteiger partial charge in [0.15, 0.2) is 0 Å². The van der Waals surface area contributed by atoms with Crippen LogP contribution in [0.5, 0.6) is 0 Å². The highest BCUT2D eigenvalue weighted by atomic mass is 35.5. The fourth-order valence-electron chi connectivity index (χ4n) is 1.63. The van der Waals surface area contributed by atoms with E-state index in [0.29, 0.717) is 5.95 Å². The van der Waals surface area contributed by atoms with Crippen LogP contribution >= 0.6 is 23.2 Å². The molecule has 0 amide bonds. The van der Waals surface area contributed by atoms with Crippen molar-refractivity contribution in [2.75, 3.05) is 5.32 Å². The molecule has 1 aromatic rings. The molecular weight excluding hydrogens is 247 g/mol. The normalized spacial score (nSPS) is 11.6. The molecule has 0 aromatic carbocycles. The summed E-state index contributed by atoms with van der Waals surface area (Å²) >= 11 is 11.4. The highest BCUT2D eigenvalue weighted by molar-refractivity contribution is 6.31. The highest BCUT2D eigenvalue weighted by Gasteiger charge is 2.24. The molecule has 0 atom stereocenters. The van der Waals surface area contributed by atoms with Crippen molar-refractivity contribution in [2.45, 2.75) is 45.6 Å². The molecule has 0 spiro atoms. The number of anilines is 1. The topological polar surface area (TPSA) is 50.7 Å². The Labute approximate surface area is 106 Å². The van der Waals surface area contributed by atoms with Crippen LogP contribution in [0.25, 0.3) is 0 Å². The van der Waals surface area contributed by atoms with Crippen LogP contribution in [0.4, 0.5) is 5.95 Å². The Kier molecular flexibility index (Phi) is 4.74. The summed E-state index contributed by atoms with van der Waals surface area (Å²) in [6.45, 7) is 6.39. The van der Waals surface area contributed by atoms with Gasteiger partial charge in [0.25, 0.3) is 0 Å². The van der Waals surface area contributed by atoms with E-state index < -0.39 is 0 Å². The summed E-state index contributed by atoms with van der Waals surface area (Å²) < 4.78 is 0. The van der Waals surface area contributed by atoms with E-state index in [2.05, 4.69) is 41.0 Å². The number of halogens is 2. The lowest BCUT2D eigenvalue weighted by molar-refractivity contribution is 0.417. The van der Waals surface area contributed by atoms with Crippen LogP contribution in [-0.4, -0.2) is 20.5 Å². The average Bonchev–Trinajstić information content (AvgIpc) is 2.25. The molecule has 1 aromatic heterocycles. The molecule has 0 aliphatic heterocycles. The second-order valence-electron chi connectivity index (χ2n) is 3.66. The molecule has 1 rings (SSSR count). The number of aromatic nitrogens is 3. The van der Waals surface area contributed by atoms with E-state index in [0.717, 1.165) is 19.3 Å². The second-order valence-corrected chi connectivity index (χ2v) is 4.34. The molecule has 0 aliphatic carbocycles. The summed E-state index contributed by atoms with van der Waals surface area (Å²) in [5.74, 6) is 0.440. The monoisotopic (exact) mass is 262 g/mol. The molecule has 0 saturated carbocycles. The summed E-state index contributed by atoms with van der Waals surface area (Å²) in [7, 11) is 0. The first kappa shape index (κ1) is 13.5. The van der Waals surface area contributed by atoms with E-state index in [9.17, 15) is 0 Å². The van der Waals surface area contributed by atoms with Crippen molar-refractivity contribution in [1.82, 2.24) is 15.0 Å². The second kappa shape index (κ2) is 5.64. The van der Waals surface area contributed by atoms with Gasteiger partial charge in [-0.2, -0.15) is 15.0 Å². The maximum Gasteiger partial charge on any atom is 0.228 e. The van der Waals surface area contributed by atoms with Gasteiger partial charge < -0.3 is 5.32 Å². The minimum Gasteiger partial charge on any atom is -0.349 e. The number of hydrogen-bond acceptors (Lipinski definition) is 4. The molecule has 4 nitrogen and oxygen atoms in total. The number of rotatable bonds is 5. The smallest absolute Gasteiger partial charge is 0.228 e. The minimum absolute atomic E-state index is 0.00594. The molecule has 1 heterocycles. The summed E-state index contributed by atoms with van der Waals surface area (Å²) in [6, 6.07) is 0. The van der Waals surface area contributed by atoms with Crippen LogP contribution < -0.4 is 5.32 Å². The SMILES string of the molecule is CCC(CC)(CC)Nc1nc(Cl)nc(Cl)n1. The highest BCUT2D eigenvalue weighted by Crippen LogP contribution is 2.24. The van der Waals surface area contributed by atoms with Gasteiger partial charge in [-0.1, -0.05) is 20.8 Å². The van der Waals surface area contributed by atoms with E-state index in [1.807, 2.05) is 0 Å². The van der Waals surface area contributed by atoms with Crippen LogP contribution in [-0.2, 0) is 0 Å². The largest absolute Gasteiger partial charge is 0.349 e. The van der Waals surface area contributed by atoms with Gasteiger partial charge in [0.1, 0.15) is 0 Å². The fraction of sp³-hybridized carbons (Fsp3) is 0.700. The lowest BCUT2D eigenvalue weighted by atomic mass is 9.90.